The van der Waals surface area contributed by atoms with Crippen LogP contribution in [0.5, 0.6) is 0 Å². The standard InChI is InChI=1S/C22H27N3O3/c1-13(2)28-12-20-16(11-23)10-19(22(27)25(20)4)18-9-15(6-5-14(18)3)21(26)24-17-7-8-17/h5-6,9-13,17H,7-8,23H2,1-4H3,(H,24,26)/b16-11-,20-12-. The van der Waals surface area contributed by atoms with Gasteiger partial charge in [-0.3, -0.25) is 9.59 Å². The molecule has 0 saturated heterocycles. The topological polar surface area (TPSA) is 86.3 Å². The molecule has 0 spiro atoms. The molecule has 1 aromatic carbocycles. The van der Waals surface area contributed by atoms with Gasteiger partial charge in [0.1, 0.15) is 6.26 Å². The summed E-state index contributed by atoms with van der Waals surface area (Å²) < 4.78 is 7.08. The number of amides is 1. The van der Waals surface area contributed by atoms with E-state index < -0.39 is 0 Å². The quantitative estimate of drug-likeness (QED) is 0.812. The Kier molecular flexibility index (Phi) is 5.58. The van der Waals surface area contributed by atoms with Gasteiger partial charge in [-0.05, 0) is 62.9 Å². The summed E-state index contributed by atoms with van der Waals surface area (Å²) in [6.07, 6.45) is 5.05. The Labute approximate surface area is 164 Å². The molecule has 1 amide bonds. The molecule has 6 nitrogen and oxygen atoms in total. The maximum atomic E-state index is 13.1. The van der Waals surface area contributed by atoms with Crippen molar-refractivity contribution in [3.05, 3.63) is 56.3 Å². The van der Waals surface area contributed by atoms with Gasteiger partial charge in [0.25, 0.3) is 11.5 Å². The van der Waals surface area contributed by atoms with Crippen LogP contribution in [0.4, 0.5) is 0 Å². The number of rotatable bonds is 5. The molecule has 0 unspecified atom stereocenters. The summed E-state index contributed by atoms with van der Waals surface area (Å²) in [5.74, 6) is -0.110. The van der Waals surface area contributed by atoms with E-state index in [-0.39, 0.29) is 23.6 Å². The van der Waals surface area contributed by atoms with Gasteiger partial charge < -0.3 is 20.4 Å². The van der Waals surface area contributed by atoms with Crippen molar-refractivity contribution in [3.63, 3.8) is 0 Å². The first-order valence-electron chi connectivity index (χ1n) is 9.51. The van der Waals surface area contributed by atoms with E-state index in [1.54, 1.807) is 31.5 Å². The summed E-state index contributed by atoms with van der Waals surface area (Å²) in [6, 6.07) is 7.46. The Balaban J connectivity index is 2.14. The molecule has 2 aromatic rings. The fraction of sp³-hybridized carbons (Fsp3) is 0.364. The fourth-order valence-electron chi connectivity index (χ4n) is 3.00. The normalized spacial score (nSPS) is 15.2. The third kappa shape index (κ3) is 4.11. The van der Waals surface area contributed by atoms with Crippen molar-refractivity contribution >= 4 is 18.4 Å². The number of nitrogens with one attached hydrogen (secondary N) is 1. The molecule has 0 atom stereocenters. The number of nitrogens with two attached hydrogens (primary N) is 1. The number of ether oxygens (including phenoxy) is 1. The SMILES string of the molecule is Cc1ccc(C(=O)NC2CC2)cc1-c1cc(=C/N)/c(=C/OC(C)C)n(C)c1=O. The van der Waals surface area contributed by atoms with E-state index >= 15 is 0 Å². The molecule has 1 aromatic heterocycles. The summed E-state index contributed by atoms with van der Waals surface area (Å²) in [5, 5.41) is 4.27. The predicted octanol–water partition coefficient (Wildman–Crippen LogP) is 1.11. The minimum absolute atomic E-state index is 0.00990. The first-order valence-corrected chi connectivity index (χ1v) is 9.51. The molecule has 3 rings (SSSR count). The van der Waals surface area contributed by atoms with Gasteiger partial charge in [0, 0.05) is 35.6 Å². The molecule has 1 saturated carbocycles. The molecule has 6 heteroatoms. The molecule has 0 bridgehead atoms. The van der Waals surface area contributed by atoms with Crippen LogP contribution in [0.2, 0.25) is 0 Å². The Hall–Kier alpha value is -3.02. The van der Waals surface area contributed by atoms with Gasteiger partial charge in [-0.2, -0.15) is 0 Å². The van der Waals surface area contributed by atoms with Crippen molar-refractivity contribution in [3.8, 4) is 11.1 Å². The molecule has 0 aliphatic heterocycles. The second kappa shape index (κ2) is 7.92. The maximum absolute atomic E-state index is 13.1. The summed E-state index contributed by atoms with van der Waals surface area (Å²) in [5.41, 5.74) is 8.33. The summed E-state index contributed by atoms with van der Waals surface area (Å²) >= 11 is 0. The van der Waals surface area contributed by atoms with Crippen LogP contribution in [0.15, 0.2) is 29.1 Å². The molecule has 1 aliphatic carbocycles. The number of hydrogen-bond acceptors (Lipinski definition) is 4. The van der Waals surface area contributed by atoms with Crippen LogP contribution >= 0.6 is 0 Å². The minimum Gasteiger partial charge on any atom is -0.496 e. The van der Waals surface area contributed by atoms with Crippen molar-refractivity contribution < 1.29 is 9.53 Å². The minimum atomic E-state index is -0.174. The Morgan fingerprint density at radius 3 is 2.61 bits per heavy atom. The van der Waals surface area contributed by atoms with E-state index in [0.717, 1.165) is 24.0 Å². The number of nitrogens with zero attached hydrogens (tertiary/aromatic N) is 1. The van der Waals surface area contributed by atoms with Crippen LogP contribution in [0.3, 0.4) is 0 Å². The Bertz CT molecular complexity index is 1080. The van der Waals surface area contributed by atoms with Gasteiger partial charge >= 0.3 is 0 Å². The molecule has 3 N–H and O–H groups in total. The third-order valence-electron chi connectivity index (χ3n) is 4.83. The number of aromatic nitrogens is 1. The smallest absolute Gasteiger partial charge is 0.258 e. The molecule has 0 radical (unpaired) electrons. The number of carbonyl (C=O) groups is 1. The number of benzene rings is 1. The van der Waals surface area contributed by atoms with Gasteiger partial charge in [-0.25, -0.2) is 0 Å². The second-order valence-corrected chi connectivity index (χ2v) is 7.51. The molecule has 1 heterocycles. The van der Waals surface area contributed by atoms with E-state index in [4.69, 9.17) is 10.5 Å². The van der Waals surface area contributed by atoms with E-state index in [2.05, 4.69) is 5.32 Å². The molecular formula is C22H27N3O3. The van der Waals surface area contributed by atoms with Crippen LogP contribution in [0.1, 0.15) is 42.6 Å². The van der Waals surface area contributed by atoms with Gasteiger partial charge in [0.15, 0.2) is 0 Å². The monoisotopic (exact) mass is 381 g/mol. The number of hydrogen-bond donors (Lipinski definition) is 2. The zero-order chi connectivity index (χ0) is 20.4. The van der Waals surface area contributed by atoms with Crippen molar-refractivity contribution in [2.45, 2.75) is 45.8 Å². The highest BCUT2D eigenvalue weighted by Gasteiger charge is 2.24. The van der Waals surface area contributed by atoms with Crippen LogP contribution in [-0.4, -0.2) is 22.6 Å². The van der Waals surface area contributed by atoms with Gasteiger partial charge in [-0.1, -0.05) is 6.07 Å². The van der Waals surface area contributed by atoms with Crippen molar-refractivity contribution in [1.82, 2.24) is 9.88 Å². The summed E-state index contributed by atoms with van der Waals surface area (Å²) in [4.78, 5) is 25.5. The van der Waals surface area contributed by atoms with Crippen LogP contribution in [-0.2, 0) is 11.8 Å². The zero-order valence-corrected chi connectivity index (χ0v) is 16.8. The molecular weight excluding hydrogens is 354 g/mol. The van der Waals surface area contributed by atoms with Crippen LogP contribution < -0.4 is 27.2 Å². The highest BCUT2D eigenvalue weighted by molar-refractivity contribution is 5.96. The van der Waals surface area contributed by atoms with Gasteiger partial charge in [0.05, 0.1) is 11.5 Å². The Morgan fingerprint density at radius 1 is 1.29 bits per heavy atom. The highest BCUT2D eigenvalue weighted by Crippen LogP contribution is 2.23. The Morgan fingerprint density at radius 2 is 2.00 bits per heavy atom. The fourth-order valence-corrected chi connectivity index (χ4v) is 3.00. The van der Waals surface area contributed by atoms with E-state index in [0.29, 0.717) is 21.7 Å². The zero-order valence-electron chi connectivity index (χ0n) is 16.8. The van der Waals surface area contributed by atoms with Crippen LogP contribution in [0.25, 0.3) is 23.6 Å². The molecule has 148 valence electrons. The van der Waals surface area contributed by atoms with Gasteiger partial charge in [-0.15, -0.1) is 0 Å². The second-order valence-electron chi connectivity index (χ2n) is 7.51. The average molecular weight is 381 g/mol. The summed E-state index contributed by atoms with van der Waals surface area (Å²) in [6.45, 7) is 5.75. The van der Waals surface area contributed by atoms with Crippen molar-refractivity contribution in [2.24, 2.45) is 12.8 Å². The maximum Gasteiger partial charge on any atom is 0.258 e. The van der Waals surface area contributed by atoms with Crippen molar-refractivity contribution in [1.29, 1.82) is 0 Å². The lowest BCUT2D eigenvalue weighted by Gasteiger charge is -2.12. The molecule has 1 aliphatic rings. The van der Waals surface area contributed by atoms with Crippen LogP contribution in [0, 0.1) is 6.92 Å². The third-order valence-corrected chi connectivity index (χ3v) is 4.83. The molecule has 1 fully saturated rings. The number of pyridine rings is 1. The first kappa shape index (κ1) is 19.7. The first-order chi connectivity index (χ1) is 13.3. The number of carbonyl (C=O) groups excluding carboxylic acids is 1. The van der Waals surface area contributed by atoms with E-state index in [9.17, 15) is 9.59 Å². The lowest BCUT2D eigenvalue weighted by atomic mass is 9.98. The van der Waals surface area contributed by atoms with Gasteiger partial charge in [0.2, 0.25) is 0 Å². The number of aryl methyl sites for hydroxylation is 1. The lowest BCUT2D eigenvalue weighted by molar-refractivity contribution is 0.0951. The highest BCUT2D eigenvalue weighted by atomic mass is 16.5. The average Bonchev–Trinajstić information content (AvgIpc) is 3.47. The lowest BCUT2D eigenvalue weighted by Crippen LogP contribution is -2.43. The van der Waals surface area contributed by atoms with E-state index in [1.807, 2.05) is 26.8 Å². The van der Waals surface area contributed by atoms with Crippen molar-refractivity contribution in [2.75, 3.05) is 0 Å². The molecule has 28 heavy (non-hydrogen) atoms. The van der Waals surface area contributed by atoms with E-state index in [1.165, 1.54) is 10.8 Å². The predicted molar refractivity (Wildman–Crippen MR) is 111 cm³/mol. The largest absolute Gasteiger partial charge is 0.496 e. The summed E-state index contributed by atoms with van der Waals surface area (Å²) in [7, 11) is 1.69.